The fourth-order valence-corrected chi connectivity index (χ4v) is 14.8. The summed E-state index contributed by atoms with van der Waals surface area (Å²) < 4.78 is 10.2. The van der Waals surface area contributed by atoms with Gasteiger partial charge < -0.3 is 0 Å². The molecular weight excluding hydrogens is 343 g/mol. The Balaban J connectivity index is 4.66. The molecule has 0 radical (unpaired) electrons. The van der Waals surface area contributed by atoms with Crippen molar-refractivity contribution < 1.29 is 8.11 Å². The summed E-state index contributed by atoms with van der Waals surface area (Å²) in [6, 6.07) is 0. The third-order valence-electron chi connectivity index (χ3n) is 3.43. The quantitative estimate of drug-likeness (QED) is 0.246. The van der Waals surface area contributed by atoms with Crippen molar-refractivity contribution in [1.82, 2.24) is 0 Å². The number of unbranched alkanes of at least 4 members (excludes halogenated alkanes) is 3. The molecule has 0 unspecified atom stereocenters. The van der Waals surface area contributed by atoms with Crippen molar-refractivity contribution in [2.24, 2.45) is 0 Å². The van der Waals surface area contributed by atoms with Gasteiger partial charge >= 0.3 is 126 Å². The molecule has 0 amide bonds. The van der Waals surface area contributed by atoms with Crippen LogP contribution in [0.3, 0.4) is 0 Å². The average Bonchev–Trinajstić information content (AvgIpc) is 2.36. The Morgan fingerprint density at radius 2 is 1.11 bits per heavy atom. The van der Waals surface area contributed by atoms with Crippen LogP contribution in [0.2, 0.25) is 13.3 Å². The summed E-state index contributed by atoms with van der Waals surface area (Å²) in [6.07, 6.45) is 7.77. The summed E-state index contributed by atoms with van der Waals surface area (Å²) in [4.78, 5) is 5.78. The van der Waals surface area contributed by atoms with Crippen LogP contribution in [0, 0.1) is 0 Å². The normalized spacial score (nSPS) is 12.9. The molecular formula is C16H36O2Sn. The van der Waals surface area contributed by atoms with Gasteiger partial charge in [-0.2, -0.15) is 0 Å². The predicted octanol–water partition coefficient (Wildman–Crippen LogP) is 6.08. The monoisotopic (exact) mass is 380 g/mol. The molecule has 0 heterocycles. The van der Waals surface area contributed by atoms with Crippen LogP contribution >= 0.6 is 0 Å². The van der Waals surface area contributed by atoms with Gasteiger partial charge in [-0.3, -0.25) is 0 Å². The van der Waals surface area contributed by atoms with Crippen LogP contribution in [0.5, 0.6) is 0 Å². The van der Waals surface area contributed by atoms with E-state index in [0.29, 0.717) is 0 Å². The van der Waals surface area contributed by atoms with Crippen LogP contribution in [0.4, 0.5) is 0 Å². The van der Waals surface area contributed by atoms with Crippen LogP contribution in [0.1, 0.15) is 80.1 Å². The van der Waals surface area contributed by atoms with Gasteiger partial charge in [-0.1, -0.05) is 0 Å². The molecule has 0 aliphatic heterocycles. The summed E-state index contributed by atoms with van der Waals surface area (Å²) in [6.45, 7) is 13.1. The molecule has 0 aromatic rings. The van der Waals surface area contributed by atoms with Gasteiger partial charge in [0.15, 0.2) is 0 Å². The van der Waals surface area contributed by atoms with E-state index in [2.05, 4.69) is 41.5 Å². The summed E-state index contributed by atoms with van der Waals surface area (Å²) in [5.41, 5.74) is -0.174. The molecule has 0 spiro atoms. The van der Waals surface area contributed by atoms with E-state index in [9.17, 15) is 0 Å². The van der Waals surface area contributed by atoms with Gasteiger partial charge in [-0.15, -0.1) is 0 Å². The molecule has 0 aromatic carbocycles. The van der Waals surface area contributed by atoms with Gasteiger partial charge in [0.2, 0.25) is 0 Å². The summed E-state index contributed by atoms with van der Waals surface area (Å²) >= 11 is -2.53. The van der Waals surface area contributed by atoms with Crippen molar-refractivity contribution in [3.63, 3.8) is 0 Å². The molecule has 0 bridgehead atoms. The van der Waals surface area contributed by atoms with E-state index in [1.807, 2.05) is 0 Å². The fourth-order valence-electron chi connectivity index (χ4n) is 2.21. The van der Waals surface area contributed by atoms with Crippen LogP contribution in [-0.2, 0) is 8.11 Å². The summed E-state index contributed by atoms with van der Waals surface area (Å²) in [5, 5.41) is 0. The maximum atomic E-state index is 6.21. The molecule has 0 aromatic heterocycles. The third kappa shape index (κ3) is 10.1. The van der Waals surface area contributed by atoms with Crippen molar-refractivity contribution in [2.45, 2.75) is 99.0 Å². The summed E-state index contributed by atoms with van der Waals surface area (Å²) in [7, 11) is 0. The Labute approximate surface area is 126 Å². The Bertz CT molecular complexity index is 190. The second-order valence-electron chi connectivity index (χ2n) is 6.77. The zero-order valence-corrected chi connectivity index (χ0v) is 17.0. The minimum absolute atomic E-state index is 0.174. The third-order valence-corrected chi connectivity index (χ3v) is 15.5. The van der Waals surface area contributed by atoms with Crippen LogP contribution < -0.4 is 0 Å². The van der Waals surface area contributed by atoms with E-state index in [1.54, 1.807) is 0 Å². The molecule has 0 saturated heterocycles. The first-order chi connectivity index (χ1) is 8.89. The van der Waals surface area contributed by atoms with Gasteiger partial charge in [0.25, 0.3) is 0 Å². The zero-order chi connectivity index (χ0) is 14.8. The molecule has 116 valence electrons. The van der Waals surface area contributed by atoms with E-state index >= 15 is 0 Å². The molecule has 0 atom stereocenters. The molecule has 0 saturated carbocycles. The number of hydrogen-bond acceptors (Lipinski definition) is 2. The molecule has 0 aliphatic carbocycles. The second kappa shape index (κ2) is 10.4. The molecule has 0 rings (SSSR count). The number of hydrogen-bond donors (Lipinski definition) is 0. The van der Waals surface area contributed by atoms with E-state index < -0.39 is 18.8 Å². The first-order valence-corrected chi connectivity index (χ1v) is 15.5. The Morgan fingerprint density at radius 3 is 1.37 bits per heavy atom. The van der Waals surface area contributed by atoms with Gasteiger partial charge in [0.05, 0.1) is 0 Å². The molecule has 2 nitrogen and oxygen atoms in total. The standard InChI is InChI=1S/C4H10O2.3C4H9.Sn/c1-4(2,3)6-5;3*1-3-4-2;/h5H,1-3H3;3*1,3-4H2,2H3;/q;;;;+1/p-1. The van der Waals surface area contributed by atoms with Gasteiger partial charge in [0, 0.05) is 0 Å². The van der Waals surface area contributed by atoms with Gasteiger partial charge in [0.1, 0.15) is 0 Å². The fraction of sp³-hybridized carbons (Fsp3) is 1.00. The van der Waals surface area contributed by atoms with Crippen molar-refractivity contribution in [1.29, 1.82) is 0 Å². The second-order valence-corrected chi connectivity index (χ2v) is 18.3. The molecule has 0 aliphatic rings. The van der Waals surface area contributed by atoms with E-state index in [-0.39, 0.29) is 5.60 Å². The molecule has 0 fully saturated rings. The average molecular weight is 379 g/mol. The van der Waals surface area contributed by atoms with Crippen LogP contribution in [0.15, 0.2) is 0 Å². The Kier molecular flexibility index (Phi) is 10.8. The molecule has 0 N–H and O–H groups in total. The SMILES string of the molecule is CCC[CH2][Sn]([CH2]CCC)([CH2]CCC)[O]OC(C)(C)C. The zero-order valence-electron chi connectivity index (χ0n) is 14.2. The van der Waals surface area contributed by atoms with Crippen molar-refractivity contribution >= 4 is 18.8 Å². The van der Waals surface area contributed by atoms with Gasteiger partial charge in [-0.25, -0.2) is 0 Å². The Hall–Kier alpha value is 0.719. The van der Waals surface area contributed by atoms with Gasteiger partial charge in [-0.05, 0) is 0 Å². The first-order valence-electron chi connectivity index (χ1n) is 8.26. The van der Waals surface area contributed by atoms with E-state index in [0.717, 1.165) is 0 Å². The topological polar surface area (TPSA) is 18.5 Å². The molecule has 19 heavy (non-hydrogen) atoms. The maximum absolute atomic E-state index is 6.21. The van der Waals surface area contributed by atoms with Crippen molar-refractivity contribution in [2.75, 3.05) is 0 Å². The first kappa shape index (κ1) is 19.7. The molecule has 3 heteroatoms. The van der Waals surface area contributed by atoms with Crippen LogP contribution in [-0.4, -0.2) is 24.4 Å². The predicted molar refractivity (Wildman–Crippen MR) is 86.8 cm³/mol. The Morgan fingerprint density at radius 1 is 0.737 bits per heavy atom. The summed E-state index contributed by atoms with van der Waals surface area (Å²) in [5.74, 6) is 0. The van der Waals surface area contributed by atoms with E-state index in [4.69, 9.17) is 8.11 Å². The van der Waals surface area contributed by atoms with Crippen molar-refractivity contribution in [3.8, 4) is 0 Å². The van der Waals surface area contributed by atoms with E-state index in [1.165, 1.54) is 51.8 Å². The van der Waals surface area contributed by atoms with Crippen LogP contribution in [0.25, 0.3) is 0 Å². The van der Waals surface area contributed by atoms with Crippen molar-refractivity contribution in [3.05, 3.63) is 0 Å². The number of rotatable bonds is 11. The minimum atomic E-state index is -2.53.